The summed E-state index contributed by atoms with van der Waals surface area (Å²) in [6, 6.07) is 14.1. The number of piperazine rings is 1. The number of para-hydroxylation sites is 1. The van der Waals surface area contributed by atoms with Gasteiger partial charge >= 0.3 is 0 Å². The molecule has 32 heavy (non-hydrogen) atoms. The summed E-state index contributed by atoms with van der Waals surface area (Å²) in [5.41, 5.74) is 1.69. The number of hydrogen-bond acceptors (Lipinski definition) is 5. The Morgan fingerprint density at radius 1 is 1.00 bits per heavy atom. The van der Waals surface area contributed by atoms with Crippen molar-refractivity contribution in [2.75, 3.05) is 31.1 Å². The van der Waals surface area contributed by atoms with Gasteiger partial charge in [0.2, 0.25) is 0 Å². The lowest BCUT2D eigenvalue weighted by Crippen LogP contribution is -2.49. The van der Waals surface area contributed by atoms with Crippen molar-refractivity contribution >= 4 is 33.8 Å². The van der Waals surface area contributed by atoms with Gasteiger partial charge in [0.25, 0.3) is 11.5 Å². The standard InChI is InChI=1S/C25H26N4O2S/c26-17-20-23(27-12-14-28(15-13-27)25(31)22-11-6-16-32-22)19-9-4-5-10-21(19)29(24(20)30)18-7-2-1-3-8-18/h4-6,9-11,16,18H,1-3,7-8,12-15H2. The summed E-state index contributed by atoms with van der Waals surface area (Å²) < 4.78 is 1.88. The molecule has 1 amide bonds. The Morgan fingerprint density at radius 3 is 2.44 bits per heavy atom. The molecule has 1 aromatic carbocycles. The van der Waals surface area contributed by atoms with Crippen molar-refractivity contribution in [1.29, 1.82) is 5.26 Å². The molecule has 3 aromatic rings. The average Bonchev–Trinajstić information content (AvgIpc) is 3.38. The van der Waals surface area contributed by atoms with Crippen LogP contribution >= 0.6 is 11.3 Å². The Morgan fingerprint density at radius 2 is 1.75 bits per heavy atom. The molecular weight excluding hydrogens is 420 g/mol. The molecule has 164 valence electrons. The maximum Gasteiger partial charge on any atom is 0.271 e. The smallest absolute Gasteiger partial charge is 0.271 e. The molecule has 0 radical (unpaired) electrons. The fraction of sp³-hybridized carbons (Fsp3) is 0.400. The van der Waals surface area contributed by atoms with Crippen LogP contribution in [-0.2, 0) is 0 Å². The molecule has 0 atom stereocenters. The van der Waals surface area contributed by atoms with Crippen LogP contribution in [0, 0.1) is 11.3 Å². The Hall–Kier alpha value is -3.11. The number of rotatable bonds is 3. The molecule has 5 rings (SSSR count). The molecule has 1 aliphatic carbocycles. The van der Waals surface area contributed by atoms with Gasteiger partial charge in [0.1, 0.15) is 11.6 Å². The predicted octanol–water partition coefficient (Wildman–Crippen LogP) is 4.40. The second kappa shape index (κ2) is 8.79. The molecular formula is C25H26N4O2S. The van der Waals surface area contributed by atoms with Crippen molar-refractivity contribution in [1.82, 2.24) is 9.47 Å². The lowest BCUT2D eigenvalue weighted by molar-refractivity contribution is 0.0751. The van der Waals surface area contributed by atoms with Gasteiger partial charge in [-0.3, -0.25) is 9.59 Å². The maximum absolute atomic E-state index is 13.6. The summed E-state index contributed by atoms with van der Waals surface area (Å²) in [7, 11) is 0. The third-order valence-electron chi connectivity index (χ3n) is 6.75. The highest BCUT2D eigenvalue weighted by atomic mass is 32.1. The van der Waals surface area contributed by atoms with E-state index in [1.165, 1.54) is 17.8 Å². The van der Waals surface area contributed by atoms with Crippen LogP contribution in [0.15, 0.2) is 46.6 Å². The molecule has 0 bridgehead atoms. The van der Waals surface area contributed by atoms with Gasteiger partial charge in [0, 0.05) is 37.6 Å². The summed E-state index contributed by atoms with van der Waals surface area (Å²) in [6.07, 6.45) is 5.42. The number of anilines is 1. The fourth-order valence-electron chi connectivity index (χ4n) is 5.17. The fourth-order valence-corrected chi connectivity index (χ4v) is 5.86. The Kier molecular flexibility index (Phi) is 5.71. The molecule has 0 spiro atoms. The number of nitriles is 1. The number of benzene rings is 1. The van der Waals surface area contributed by atoms with Crippen LogP contribution in [0.1, 0.15) is 53.4 Å². The first-order valence-electron chi connectivity index (χ1n) is 11.3. The summed E-state index contributed by atoms with van der Waals surface area (Å²) >= 11 is 1.45. The summed E-state index contributed by atoms with van der Waals surface area (Å²) in [6.45, 7) is 2.34. The van der Waals surface area contributed by atoms with Gasteiger partial charge in [-0.15, -0.1) is 11.3 Å². The van der Waals surface area contributed by atoms with Gasteiger partial charge < -0.3 is 14.4 Å². The molecule has 1 saturated carbocycles. The minimum atomic E-state index is -0.176. The number of thiophene rings is 1. The quantitative estimate of drug-likeness (QED) is 0.598. The minimum Gasteiger partial charge on any atom is -0.366 e. The van der Waals surface area contributed by atoms with Crippen molar-refractivity contribution in [3.63, 3.8) is 0 Å². The van der Waals surface area contributed by atoms with E-state index < -0.39 is 0 Å². The topological polar surface area (TPSA) is 69.3 Å². The highest BCUT2D eigenvalue weighted by Crippen LogP contribution is 2.34. The van der Waals surface area contributed by atoms with Crippen LogP contribution in [-0.4, -0.2) is 41.6 Å². The molecule has 0 unspecified atom stereocenters. The highest BCUT2D eigenvalue weighted by molar-refractivity contribution is 7.12. The van der Waals surface area contributed by atoms with E-state index in [2.05, 4.69) is 11.0 Å². The van der Waals surface area contributed by atoms with E-state index in [1.807, 2.05) is 51.2 Å². The zero-order valence-corrected chi connectivity index (χ0v) is 18.8. The number of pyridine rings is 1. The lowest BCUT2D eigenvalue weighted by Gasteiger charge is -2.37. The van der Waals surface area contributed by atoms with E-state index in [1.54, 1.807) is 0 Å². The van der Waals surface area contributed by atoms with E-state index in [0.717, 1.165) is 47.2 Å². The summed E-state index contributed by atoms with van der Waals surface area (Å²) in [4.78, 5) is 31.0. The number of carbonyl (C=O) groups excluding carboxylic acids is 1. The third-order valence-corrected chi connectivity index (χ3v) is 7.61. The molecule has 2 aliphatic rings. The van der Waals surface area contributed by atoms with Crippen molar-refractivity contribution in [3.05, 3.63) is 62.6 Å². The largest absolute Gasteiger partial charge is 0.366 e. The third kappa shape index (κ3) is 3.59. The zero-order chi connectivity index (χ0) is 22.1. The van der Waals surface area contributed by atoms with E-state index in [-0.39, 0.29) is 23.1 Å². The zero-order valence-electron chi connectivity index (χ0n) is 18.0. The molecule has 1 aliphatic heterocycles. The number of carbonyl (C=O) groups is 1. The lowest BCUT2D eigenvalue weighted by atomic mass is 9.94. The molecule has 0 N–H and O–H groups in total. The molecule has 2 fully saturated rings. The molecule has 1 saturated heterocycles. The van der Waals surface area contributed by atoms with Gasteiger partial charge in [-0.1, -0.05) is 43.5 Å². The molecule has 6 nitrogen and oxygen atoms in total. The van der Waals surface area contributed by atoms with Crippen LogP contribution in [0.3, 0.4) is 0 Å². The first-order valence-corrected chi connectivity index (χ1v) is 12.2. The van der Waals surface area contributed by atoms with Crippen LogP contribution in [0.25, 0.3) is 10.9 Å². The maximum atomic E-state index is 13.6. The number of nitrogens with zero attached hydrogens (tertiary/aromatic N) is 4. The first kappa shape index (κ1) is 20.8. The van der Waals surface area contributed by atoms with Crippen LogP contribution in [0.4, 0.5) is 5.69 Å². The van der Waals surface area contributed by atoms with Gasteiger partial charge in [-0.25, -0.2) is 0 Å². The van der Waals surface area contributed by atoms with Crippen molar-refractivity contribution in [2.24, 2.45) is 0 Å². The normalized spacial score (nSPS) is 17.5. The van der Waals surface area contributed by atoms with Crippen molar-refractivity contribution < 1.29 is 4.79 Å². The monoisotopic (exact) mass is 446 g/mol. The van der Waals surface area contributed by atoms with Crippen molar-refractivity contribution in [3.8, 4) is 6.07 Å². The van der Waals surface area contributed by atoms with E-state index in [9.17, 15) is 14.9 Å². The number of fused-ring (bicyclic) bond motifs is 1. The number of amides is 1. The number of hydrogen-bond donors (Lipinski definition) is 0. The van der Waals surface area contributed by atoms with Crippen LogP contribution in [0.2, 0.25) is 0 Å². The molecule has 2 aromatic heterocycles. The van der Waals surface area contributed by atoms with Crippen LogP contribution in [0.5, 0.6) is 0 Å². The molecule has 7 heteroatoms. The van der Waals surface area contributed by atoms with E-state index in [0.29, 0.717) is 26.2 Å². The Labute approximate surface area is 191 Å². The van der Waals surface area contributed by atoms with Gasteiger partial charge in [-0.05, 0) is 30.4 Å². The van der Waals surface area contributed by atoms with Crippen LogP contribution < -0.4 is 10.5 Å². The van der Waals surface area contributed by atoms with Gasteiger partial charge in [0.05, 0.1) is 16.1 Å². The number of aromatic nitrogens is 1. The second-order valence-corrected chi connectivity index (χ2v) is 9.52. The highest BCUT2D eigenvalue weighted by Gasteiger charge is 2.29. The van der Waals surface area contributed by atoms with E-state index >= 15 is 0 Å². The summed E-state index contributed by atoms with van der Waals surface area (Å²) in [5, 5.41) is 12.9. The minimum absolute atomic E-state index is 0.0535. The average molecular weight is 447 g/mol. The Balaban J connectivity index is 1.52. The SMILES string of the molecule is N#Cc1c(N2CCN(C(=O)c3cccs3)CC2)c2ccccc2n(C2CCCCC2)c1=O. The predicted molar refractivity (Wildman–Crippen MR) is 127 cm³/mol. The van der Waals surface area contributed by atoms with Crippen molar-refractivity contribution in [2.45, 2.75) is 38.1 Å². The second-order valence-electron chi connectivity index (χ2n) is 8.58. The van der Waals surface area contributed by atoms with Gasteiger partial charge in [-0.2, -0.15) is 5.26 Å². The van der Waals surface area contributed by atoms with E-state index in [4.69, 9.17) is 0 Å². The molecule has 3 heterocycles. The Bertz CT molecular complexity index is 1230. The van der Waals surface area contributed by atoms with Gasteiger partial charge in [0.15, 0.2) is 0 Å². The first-order chi connectivity index (χ1) is 15.7. The summed E-state index contributed by atoms with van der Waals surface area (Å²) in [5.74, 6) is 0.0535.